The maximum absolute atomic E-state index is 11.2. The largest absolute Gasteiger partial charge is 0.467 e. The van der Waals surface area contributed by atoms with Crippen molar-refractivity contribution in [3.63, 3.8) is 0 Å². The van der Waals surface area contributed by atoms with Gasteiger partial charge >= 0.3 is 12.1 Å². The Bertz CT molecular complexity index is 218. The van der Waals surface area contributed by atoms with E-state index in [-0.39, 0.29) is 13.0 Å². The number of amides is 1. The molecule has 0 spiro atoms. The summed E-state index contributed by atoms with van der Waals surface area (Å²) in [5.41, 5.74) is 0. The first-order chi connectivity index (χ1) is 6.60. The van der Waals surface area contributed by atoms with Gasteiger partial charge in [0, 0.05) is 6.42 Å². The molecule has 1 amide bonds. The van der Waals surface area contributed by atoms with Crippen molar-refractivity contribution in [2.45, 2.75) is 18.6 Å². The Kier molecular flexibility index (Phi) is 3.29. The number of aliphatic hydroxyl groups is 1. The molecule has 0 aromatic carbocycles. The second-order valence-electron chi connectivity index (χ2n) is 3.05. The van der Waals surface area contributed by atoms with Gasteiger partial charge in [0.25, 0.3) is 0 Å². The summed E-state index contributed by atoms with van der Waals surface area (Å²) in [7, 11) is 2.46. The summed E-state index contributed by atoms with van der Waals surface area (Å²) in [5, 5.41) is 9.30. The van der Waals surface area contributed by atoms with Crippen LogP contribution < -0.4 is 0 Å². The van der Waals surface area contributed by atoms with Gasteiger partial charge in [-0.05, 0) is 0 Å². The van der Waals surface area contributed by atoms with Crippen LogP contribution in [0.5, 0.6) is 0 Å². The van der Waals surface area contributed by atoms with Crippen molar-refractivity contribution in [1.29, 1.82) is 0 Å². The van der Waals surface area contributed by atoms with E-state index in [2.05, 4.69) is 9.47 Å². The third-order valence-electron chi connectivity index (χ3n) is 2.16. The molecule has 1 fully saturated rings. The van der Waals surface area contributed by atoms with E-state index in [4.69, 9.17) is 0 Å². The monoisotopic (exact) mass is 203 g/mol. The first kappa shape index (κ1) is 10.8. The van der Waals surface area contributed by atoms with E-state index >= 15 is 0 Å². The molecule has 1 saturated heterocycles. The predicted octanol–water partition coefficient (Wildman–Crippen LogP) is -0.639. The van der Waals surface area contributed by atoms with Gasteiger partial charge in [0.15, 0.2) is 0 Å². The first-order valence-corrected chi connectivity index (χ1v) is 4.20. The Labute approximate surface area is 81.4 Å². The molecule has 0 unspecified atom stereocenters. The van der Waals surface area contributed by atoms with E-state index < -0.39 is 24.2 Å². The summed E-state index contributed by atoms with van der Waals surface area (Å²) in [5.74, 6) is -0.535. The van der Waals surface area contributed by atoms with Gasteiger partial charge in [-0.2, -0.15) is 0 Å². The van der Waals surface area contributed by atoms with Gasteiger partial charge in [-0.1, -0.05) is 0 Å². The Morgan fingerprint density at radius 1 is 1.36 bits per heavy atom. The SMILES string of the molecule is COC(=O)[C@@H]1C[C@H](O)CN1C(=O)OC. The van der Waals surface area contributed by atoms with Gasteiger partial charge in [-0.3, -0.25) is 4.90 Å². The molecule has 80 valence electrons. The predicted molar refractivity (Wildman–Crippen MR) is 45.5 cm³/mol. The number of hydrogen-bond donors (Lipinski definition) is 1. The summed E-state index contributed by atoms with van der Waals surface area (Å²) < 4.78 is 8.98. The molecule has 6 heteroatoms. The van der Waals surface area contributed by atoms with E-state index in [9.17, 15) is 14.7 Å². The number of carbonyl (C=O) groups excluding carboxylic acids is 2. The highest BCUT2D eigenvalue weighted by Crippen LogP contribution is 2.19. The van der Waals surface area contributed by atoms with Crippen LogP contribution in [0, 0.1) is 0 Å². The summed E-state index contributed by atoms with van der Waals surface area (Å²) >= 11 is 0. The summed E-state index contributed by atoms with van der Waals surface area (Å²) in [6.45, 7) is 0.104. The maximum atomic E-state index is 11.2. The minimum Gasteiger partial charge on any atom is -0.467 e. The molecule has 14 heavy (non-hydrogen) atoms. The summed E-state index contributed by atoms with van der Waals surface area (Å²) in [6.07, 6.45) is -1.13. The number of aliphatic hydroxyl groups excluding tert-OH is 1. The van der Waals surface area contributed by atoms with Crippen molar-refractivity contribution >= 4 is 12.1 Å². The highest BCUT2D eigenvalue weighted by molar-refractivity contribution is 5.82. The highest BCUT2D eigenvalue weighted by atomic mass is 16.5. The van der Waals surface area contributed by atoms with Gasteiger partial charge < -0.3 is 14.6 Å². The number of likely N-dealkylation sites (tertiary alicyclic amines) is 1. The number of rotatable bonds is 1. The number of carbonyl (C=O) groups is 2. The molecule has 0 saturated carbocycles. The average molecular weight is 203 g/mol. The topological polar surface area (TPSA) is 76.1 Å². The highest BCUT2D eigenvalue weighted by Gasteiger charge is 2.40. The van der Waals surface area contributed by atoms with E-state index in [1.807, 2.05) is 0 Å². The molecule has 0 aromatic rings. The van der Waals surface area contributed by atoms with Crippen LogP contribution in [0.15, 0.2) is 0 Å². The lowest BCUT2D eigenvalue weighted by Crippen LogP contribution is -2.41. The Morgan fingerprint density at radius 2 is 2.00 bits per heavy atom. The van der Waals surface area contributed by atoms with Gasteiger partial charge in [0.2, 0.25) is 0 Å². The minimum absolute atomic E-state index is 0.104. The fraction of sp³-hybridized carbons (Fsp3) is 0.750. The number of esters is 1. The van der Waals surface area contributed by atoms with Crippen LogP contribution in [0.3, 0.4) is 0 Å². The van der Waals surface area contributed by atoms with E-state index in [0.29, 0.717) is 0 Å². The smallest absolute Gasteiger partial charge is 0.410 e. The van der Waals surface area contributed by atoms with Crippen LogP contribution in [-0.2, 0) is 14.3 Å². The van der Waals surface area contributed by atoms with Crippen molar-refractivity contribution in [2.75, 3.05) is 20.8 Å². The van der Waals surface area contributed by atoms with Crippen LogP contribution >= 0.6 is 0 Å². The molecule has 1 aliphatic heterocycles. The first-order valence-electron chi connectivity index (χ1n) is 4.20. The number of methoxy groups -OCH3 is 2. The maximum Gasteiger partial charge on any atom is 0.410 e. The molecule has 1 N–H and O–H groups in total. The molecule has 0 aliphatic carbocycles. The van der Waals surface area contributed by atoms with Crippen molar-refractivity contribution in [3.8, 4) is 0 Å². The van der Waals surface area contributed by atoms with E-state index in [0.717, 1.165) is 4.90 Å². The lowest BCUT2D eigenvalue weighted by Gasteiger charge is -2.20. The Morgan fingerprint density at radius 3 is 2.50 bits per heavy atom. The fourth-order valence-corrected chi connectivity index (χ4v) is 1.49. The number of nitrogens with zero attached hydrogens (tertiary/aromatic N) is 1. The molecule has 2 atom stereocenters. The van der Waals surface area contributed by atoms with Gasteiger partial charge in [-0.25, -0.2) is 9.59 Å². The zero-order valence-electron chi connectivity index (χ0n) is 8.10. The zero-order valence-corrected chi connectivity index (χ0v) is 8.10. The van der Waals surface area contributed by atoms with Gasteiger partial charge in [0.05, 0.1) is 26.9 Å². The van der Waals surface area contributed by atoms with Gasteiger partial charge in [-0.15, -0.1) is 0 Å². The second kappa shape index (κ2) is 4.28. The number of β-amino-alcohol motifs (C(OH)–C–C–N with tert-alkyl or cyclic N) is 1. The molecule has 1 aliphatic rings. The molecule has 1 heterocycles. The van der Waals surface area contributed by atoms with Crippen molar-refractivity contribution in [3.05, 3.63) is 0 Å². The summed E-state index contributed by atoms with van der Waals surface area (Å²) in [4.78, 5) is 23.5. The lowest BCUT2D eigenvalue weighted by molar-refractivity contribution is -0.145. The Hall–Kier alpha value is -1.30. The third kappa shape index (κ3) is 1.95. The molecular formula is C8H13NO5. The van der Waals surface area contributed by atoms with Crippen LogP contribution in [0.2, 0.25) is 0 Å². The van der Waals surface area contributed by atoms with Crippen molar-refractivity contribution in [2.24, 2.45) is 0 Å². The molecular weight excluding hydrogens is 190 g/mol. The molecule has 6 nitrogen and oxygen atoms in total. The van der Waals surface area contributed by atoms with Crippen LogP contribution in [0.1, 0.15) is 6.42 Å². The third-order valence-corrected chi connectivity index (χ3v) is 2.16. The molecule has 0 aromatic heterocycles. The molecule has 0 radical (unpaired) electrons. The number of ether oxygens (including phenoxy) is 2. The molecule has 1 rings (SSSR count). The standard InChI is InChI=1S/C8H13NO5/c1-13-7(11)6-3-5(10)4-9(6)8(12)14-2/h5-6,10H,3-4H2,1-2H3/t5-,6-/m0/s1. The normalized spacial score (nSPS) is 26.1. The Balaban J connectivity index is 2.72. The van der Waals surface area contributed by atoms with Crippen molar-refractivity contribution < 1.29 is 24.2 Å². The summed E-state index contributed by atoms with van der Waals surface area (Å²) in [6, 6.07) is -0.734. The fourth-order valence-electron chi connectivity index (χ4n) is 1.49. The van der Waals surface area contributed by atoms with Crippen molar-refractivity contribution in [1.82, 2.24) is 4.90 Å². The number of hydrogen-bond acceptors (Lipinski definition) is 5. The van der Waals surface area contributed by atoms with Crippen LogP contribution in [-0.4, -0.2) is 55.0 Å². The minimum atomic E-state index is -0.734. The van der Waals surface area contributed by atoms with Crippen LogP contribution in [0.25, 0.3) is 0 Å². The molecule has 0 bridgehead atoms. The second-order valence-corrected chi connectivity index (χ2v) is 3.05. The van der Waals surface area contributed by atoms with E-state index in [1.54, 1.807) is 0 Å². The average Bonchev–Trinajstić information content (AvgIpc) is 2.58. The lowest BCUT2D eigenvalue weighted by atomic mass is 10.2. The van der Waals surface area contributed by atoms with Crippen LogP contribution in [0.4, 0.5) is 4.79 Å². The quantitative estimate of drug-likeness (QED) is 0.574. The van der Waals surface area contributed by atoms with E-state index in [1.165, 1.54) is 14.2 Å². The van der Waals surface area contributed by atoms with Gasteiger partial charge in [0.1, 0.15) is 6.04 Å². The zero-order chi connectivity index (χ0) is 10.7.